The zero-order valence-corrected chi connectivity index (χ0v) is 11.7. The Balaban J connectivity index is 2.48. The van der Waals surface area contributed by atoms with Crippen LogP contribution in [0, 0.1) is 0 Å². The van der Waals surface area contributed by atoms with Gasteiger partial charge in [0.2, 0.25) is 10.0 Å². The number of anilines is 1. The molecule has 104 valence electrons. The van der Waals surface area contributed by atoms with Crippen molar-refractivity contribution >= 4 is 33.4 Å². The third-order valence-corrected chi connectivity index (χ3v) is 4.88. The maximum absolute atomic E-state index is 11.6. The first kappa shape index (κ1) is 14.2. The van der Waals surface area contributed by atoms with Crippen LogP contribution in [0.4, 0.5) is 5.69 Å². The predicted molar refractivity (Wildman–Crippen MR) is 73.9 cm³/mol. The van der Waals surface area contributed by atoms with Crippen LogP contribution in [0.3, 0.4) is 0 Å². The summed E-state index contributed by atoms with van der Waals surface area (Å²) < 4.78 is 23.1. The first-order valence-electron chi connectivity index (χ1n) is 5.60. The summed E-state index contributed by atoms with van der Waals surface area (Å²) in [6.45, 7) is 0.480. The molecule has 6 nitrogen and oxygen atoms in total. The number of carboxylic acid groups (broad SMARTS) is 1. The summed E-state index contributed by atoms with van der Waals surface area (Å²) in [5, 5.41) is 14.4. The Morgan fingerprint density at radius 2 is 2.11 bits per heavy atom. The van der Waals surface area contributed by atoms with Gasteiger partial charge in [0.15, 0.2) is 0 Å². The van der Waals surface area contributed by atoms with Crippen LogP contribution >= 0.6 is 11.8 Å². The van der Waals surface area contributed by atoms with E-state index >= 15 is 0 Å². The lowest BCUT2D eigenvalue weighted by Crippen LogP contribution is -2.48. The molecule has 1 aliphatic rings. The van der Waals surface area contributed by atoms with E-state index in [1.54, 1.807) is 23.1 Å². The third-order valence-electron chi connectivity index (χ3n) is 2.89. The number of sulfonamides is 1. The second kappa shape index (κ2) is 5.40. The van der Waals surface area contributed by atoms with Crippen LogP contribution in [0.15, 0.2) is 29.2 Å². The summed E-state index contributed by atoms with van der Waals surface area (Å²) in [6.07, 6.45) is 0. The molecular weight excluding hydrogens is 288 g/mol. The molecule has 1 aromatic rings. The van der Waals surface area contributed by atoms with Crippen molar-refractivity contribution in [1.82, 2.24) is 0 Å². The van der Waals surface area contributed by atoms with Crippen molar-refractivity contribution in [3.63, 3.8) is 0 Å². The van der Waals surface area contributed by atoms with Gasteiger partial charge in [-0.05, 0) is 12.1 Å². The van der Waals surface area contributed by atoms with Gasteiger partial charge in [0.05, 0.1) is 5.69 Å². The van der Waals surface area contributed by atoms with E-state index in [2.05, 4.69) is 0 Å². The molecule has 1 heterocycles. The van der Waals surface area contributed by atoms with E-state index in [9.17, 15) is 18.3 Å². The highest BCUT2D eigenvalue weighted by molar-refractivity contribution is 7.99. The van der Waals surface area contributed by atoms with Crippen molar-refractivity contribution in [1.29, 1.82) is 0 Å². The van der Waals surface area contributed by atoms with Crippen LogP contribution < -0.4 is 10.0 Å². The number of aliphatic carboxylic acids is 1. The maximum atomic E-state index is 11.6. The van der Waals surface area contributed by atoms with Gasteiger partial charge in [-0.2, -0.15) is 11.8 Å². The lowest BCUT2D eigenvalue weighted by Gasteiger charge is -2.35. The smallest absolute Gasteiger partial charge is 0.327 e. The van der Waals surface area contributed by atoms with Crippen LogP contribution in [-0.4, -0.2) is 43.6 Å². The van der Waals surface area contributed by atoms with Gasteiger partial charge in [-0.3, -0.25) is 0 Å². The molecule has 0 radical (unpaired) electrons. The number of hydrogen-bond acceptors (Lipinski definition) is 5. The fourth-order valence-corrected chi connectivity index (χ4v) is 3.81. The van der Waals surface area contributed by atoms with E-state index < -0.39 is 22.0 Å². The summed E-state index contributed by atoms with van der Waals surface area (Å²) in [5.41, 5.74) is 0.359. The summed E-state index contributed by atoms with van der Waals surface area (Å²) in [5.74, 6) is 0.216. The maximum Gasteiger partial charge on any atom is 0.327 e. The normalized spacial score (nSPS) is 20.3. The number of nitrogens with two attached hydrogens (primary N) is 1. The van der Waals surface area contributed by atoms with Crippen molar-refractivity contribution in [2.45, 2.75) is 10.9 Å². The average Bonchev–Trinajstić information content (AvgIpc) is 2.37. The fraction of sp³-hybridized carbons (Fsp3) is 0.364. The predicted octanol–water partition coefficient (Wildman–Crippen LogP) is 0.340. The third kappa shape index (κ3) is 3.02. The molecule has 1 aliphatic heterocycles. The van der Waals surface area contributed by atoms with Crippen molar-refractivity contribution in [3.8, 4) is 0 Å². The van der Waals surface area contributed by atoms with Gasteiger partial charge in [0.25, 0.3) is 0 Å². The second-order valence-electron chi connectivity index (χ2n) is 4.14. The summed E-state index contributed by atoms with van der Waals surface area (Å²) in [6, 6.07) is 5.49. The van der Waals surface area contributed by atoms with Crippen molar-refractivity contribution in [3.05, 3.63) is 24.3 Å². The van der Waals surface area contributed by atoms with Gasteiger partial charge in [-0.25, -0.2) is 18.4 Å². The molecule has 3 N–H and O–H groups in total. The number of hydrogen-bond donors (Lipinski definition) is 2. The molecular formula is C11H14N2O4S2. The van der Waals surface area contributed by atoms with Crippen LogP contribution in [0.1, 0.15) is 0 Å². The van der Waals surface area contributed by atoms with E-state index in [4.69, 9.17) is 5.14 Å². The van der Waals surface area contributed by atoms with Crippen LogP contribution in [0.2, 0.25) is 0 Å². The summed E-state index contributed by atoms with van der Waals surface area (Å²) in [4.78, 5) is 12.8. The topological polar surface area (TPSA) is 101 Å². The first-order chi connectivity index (χ1) is 8.91. The lowest BCUT2D eigenvalue weighted by molar-refractivity contribution is -0.138. The minimum Gasteiger partial charge on any atom is -0.480 e. The molecule has 1 aromatic carbocycles. The molecule has 2 rings (SSSR count). The monoisotopic (exact) mass is 302 g/mol. The highest BCUT2D eigenvalue weighted by Gasteiger charge is 2.31. The quantitative estimate of drug-likeness (QED) is 0.835. The second-order valence-corrected chi connectivity index (χ2v) is 6.81. The minimum absolute atomic E-state index is 0.0341. The number of carbonyl (C=O) groups is 1. The molecule has 1 fully saturated rings. The number of primary sulfonamides is 1. The SMILES string of the molecule is NS(=O)(=O)c1ccccc1N1CCSCC1C(=O)O. The van der Waals surface area contributed by atoms with Gasteiger partial charge < -0.3 is 10.0 Å². The highest BCUT2D eigenvalue weighted by Crippen LogP contribution is 2.29. The number of para-hydroxylation sites is 1. The Morgan fingerprint density at radius 3 is 2.74 bits per heavy atom. The van der Waals surface area contributed by atoms with E-state index in [1.807, 2.05) is 0 Å². The minimum atomic E-state index is -3.87. The first-order valence-corrected chi connectivity index (χ1v) is 8.30. The van der Waals surface area contributed by atoms with E-state index in [-0.39, 0.29) is 4.90 Å². The Labute approximate surface area is 115 Å². The molecule has 1 saturated heterocycles. The molecule has 0 bridgehead atoms. The Kier molecular flexibility index (Phi) is 4.02. The zero-order chi connectivity index (χ0) is 14.0. The van der Waals surface area contributed by atoms with Gasteiger partial charge in [-0.15, -0.1) is 0 Å². The van der Waals surface area contributed by atoms with Crippen LogP contribution in [0.25, 0.3) is 0 Å². The van der Waals surface area contributed by atoms with Crippen molar-refractivity contribution in [2.24, 2.45) is 5.14 Å². The van der Waals surface area contributed by atoms with Gasteiger partial charge in [0, 0.05) is 18.1 Å². The molecule has 19 heavy (non-hydrogen) atoms. The Hall–Kier alpha value is -1.25. The molecule has 1 atom stereocenters. The zero-order valence-electron chi connectivity index (χ0n) is 10.0. The summed E-state index contributed by atoms with van der Waals surface area (Å²) in [7, 11) is -3.87. The van der Waals surface area contributed by atoms with E-state index in [0.29, 0.717) is 18.0 Å². The number of benzene rings is 1. The van der Waals surface area contributed by atoms with E-state index in [0.717, 1.165) is 5.75 Å². The molecule has 1 unspecified atom stereocenters. The number of carboxylic acids is 1. The molecule has 0 aliphatic carbocycles. The van der Waals surface area contributed by atoms with Gasteiger partial charge in [0.1, 0.15) is 10.9 Å². The van der Waals surface area contributed by atoms with Crippen molar-refractivity contribution < 1.29 is 18.3 Å². The molecule has 8 heteroatoms. The Morgan fingerprint density at radius 1 is 1.42 bits per heavy atom. The number of rotatable bonds is 3. The number of nitrogens with zero attached hydrogens (tertiary/aromatic N) is 1. The lowest BCUT2D eigenvalue weighted by atomic mass is 10.2. The van der Waals surface area contributed by atoms with Gasteiger partial charge >= 0.3 is 5.97 Å². The average molecular weight is 302 g/mol. The molecule has 0 saturated carbocycles. The highest BCUT2D eigenvalue weighted by atomic mass is 32.2. The molecule has 0 aromatic heterocycles. The summed E-state index contributed by atoms with van der Waals surface area (Å²) >= 11 is 1.54. The number of thioether (sulfide) groups is 1. The fourth-order valence-electron chi connectivity index (χ4n) is 2.03. The largest absolute Gasteiger partial charge is 0.480 e. The Bertz CT molecular complexity index is 588. The molecule has 0 spiro atoms. The standard InChI is InChI=1S/C11H14N2O4S2/c12-19(16,17)10-4-2-1-3-8(10)13-5-6-18-7-9(13)11(14)15/h1-4,9H,5-7H2,(H,14,15)(H2,12,16,17). The van der Waals surface area contributed by atoms with E-state index in [1.165, 1.54) is 17.8 Å². The molecule has 0 amide bonds. The van der Waals surface area contributed by atoms with Gasteiger partial charge in [-0.1, -0.05) is 12.1 Å². The van der Waals surface area contributed by atoms with Crippen LogP contribution in [0.5, 0.6) is 0 Å². The van der Waals surface area contributed by atoms with Crippen LogP contribution in [-0.2, 0) is 14.8 Å². The van der Waals surface area contributed by atoms with Crippen molar-refractivity contribution in [2.75, 3.05) is 23.0 Å².